The first kappa shape index (κ1) is 13.6. The molecule has 14 heavy (non-hydrogen) atoms. The standard InChI is InChI=1S/C14H26/c1-8-10-14(6,7)13(9-2)12(5)11(3)4/h11-13H,9H2,1-7H3. The first-order valence-electron chi connectivity index (χ1n) is 5.80. The summed E-state index contributed by atoms with van der Waals surface area (Å²) < 4.78 is 0. The van der Waals surface area contributed by atoms with Gasteiger partial charge in [0.15, 0.2) is 0 Å². The first-order valence-corrected chi connectivity index (χ1v) is 5.80. The SMILES string of the molecule is CC#CC(C)(C)C(CC)C(C)C(C)C. The van der Waals surface area contributed by atoms with Crippen LogP contribution in [0, 0.1) is 35.0 Å². The summed E-state index contributed by atoms with van der Waals surface area (Å²) >= 11 is 0. The summed E-state index contributed by atoms with van der Waals surface area (Å²) in [6, 6.07) is 0. The Morgan fingerprint density at radius 3 is 1.93 bits per heavy atom. The summed E-state index contributed by atoms with van der Waals surface area (Å²) in [7, 11) is 0. The van der Waals surface area contributed by atoms with Crippen LogP contribution in [0.1, 0.15) is 54.9 Å². The Hall–Kier alpha value is -0.440. The molecular weight excluding hydrogens is 168 g/mol. The quantitative estimate of drug-likeness (QED) is 0.583. The van der Waals surface area contributed by atoms with Crippen LogP contribution in [0.15, 0.2) is 0 Å². The molecule has 0 nitrogen and oxygen atoms in total. The van der Waals surface area contributed by atoms with Crippen LogP contribution in [-0.2, 0) is 0 Å². The van der Waals surface area contributed by atoms with E-state index in [1.54, 1.807) is 0 Å². The minimum atomic E-state index is 0.160. The topological polar surface area (TPSA) is 0 Å². The number of hydrogen-bond acceptors (Lipinski definition) is 0. The molecule has 0 radical (unpaired) electrons. The molecule has 0 saturated carbocycles. The van der Waals surface area contributed by atoms with Gasteiger partial charge in [-0.25, -0.2) is 0 Å². The Bertz CT molecular complexity index is 212. The molecule has 0 aliphatic heterocycles. The van der Waals surface area contributed by atoms with Crippen LogP contribution in [-0.4, -0.2) is 0 Å². The molecule has 0 fully saturated rings. The highest BCUT2D eigenvalue weighted by Gasteiger charge is 2.31. The molecule has 0 aromatic heterocycles. The van der Waals surface area contributed by atoms with Gasteiger partial charge in [-0.2, -0.15) is 0 Å². The third-order valence-corrected chi connectivity index (χ3v) is 3.50. The fraction of sp³-hybridized carbons (Fsp3) is 0.857. The van der Waals surface area contributed by atoms with E-state index in [1.807, 2.05) is 6.92 Å². The first-order chi connectivity index (χ1) is 6.36. The molecule has 0 aliphatic carbocycles. The second-order valence-electron chi connectivity index (χ2n) is 5.21. The molecule has 0 heteroatoms. The minimum Gasteiger partial charge on any atom is -0.106 e. The monoisotopic (exact) mass is 194 g/mol. The van der Waals surface area contributed by atoms with Crippen LogP contribution in [0.25, 0.3) is 0 Å². The average molecular weight is 194 g/mol. The Labute approximate surface area is 90.5 Å². The van der Waals surface area contributed by atoms with Gasteiger partial charge in [0.25, 0.3) is 0 Å². The minimum absolute atomic E-state index is 0.160. The van der Waals surface area contributed by atoms with Crippen LogP contribution in [0.2, 0.25) is 0 Å². The molecule has 0 spiro atoms. The third-order valence-electron chi connectivity index (χ3n) is 3.50. The lowest BCUT2D eigenvalue weighted by molar-refractivity contribution is 0.162. The zero-order chi connectivity index (χ0) is 11.4. The molecule has 0 aromatic rings. The second kappa shape index (κ2) is 5.44. The van der Waals surface area contributed by atoms with Crippen LogP contribution in [0.4, 0.5) is 0 Å². The largest absolute Gasteiger partial charge is 0.106 e. The van der Waals surface area contributed by atoms with Crippen molar-refractivity contribution in [2.24, 2.45) is 23.2 Å². The highest BCUT2D eigenvalue weighted by molar-refractivity contribution is 5.09. The summed E-state index contributed by atoms with van der Waals surface area (Å²) in [5, 5.41) is 0. The average Bonchev–Trinajstić information content (AvgIpc) is 2.04. The van der Waals surface area contributed by atoms with E-state index in [1.165, 1.54) is 6.42 Å². The van der Waals surface area contributed by atoms with Crippen molar-refractivity contribution in [3.8, 4) is 11.8 Å². The van der Waals surface area contributed by atoms with Gasteiger partial charge in [-0.05, 0) is 38.5 Å². The van der Waals surface area contributed by atoms with E-state index >= 15 is 0 Å². The molecule has 0 N–H and O–H groups in total. The highest BCUT2D eigenvalue weighted by atomic mass is 14.3. The Balaban J connectivity index is 4.76. The van der Waals surface area contributed by atoms with Gasteiger partial charge < -0.3 is 0 Å². The van der Waals surface area contributed by atoms with Gasteiger partial charge >= 0.3 is 0 Å². The van der Waals surface area contributed by atoms with Crippen LogP contribution >= 0.6 is 0 Å². The molecule has 0 aromatic carbocycles. The fourth-order valence-electron chi connectivity index (χ4n) is 2.42. The maximum atomic E-state index is 3.36. The van der Waals surface area contributed by atoms with E-state index in [4.69, 9.17) is 0 Å². The van der Waals surface area contributed by atoms with Crippen molar-refractivity contribution in [1.82, 2.24) is 0 Å². The maximum Gasteiger partial charge on any atom is 0.0289 e. The molecule has 0 rings (SSSR count). The number of hydrogen-bond donors (Lipinski definition) is 0. The maximum absolute atomic E-state index is 3.36. The zero-order valence-electron chi connectivity index (χ0n) is 10.9. The molecule has 0 aliphatic rings. The molecule has 0 bridgehead atoms. The third kappa shape index (κ3) is 3.37. The van der Waals surface area contributed by atoms with Crippen LogP contribution < -0.4 is 0 Å². The van der Waals surface area contributed by atoms with E-state index < -0.39 is 0 Å². The van der Waals surface area contributed by atoms with Crippen molar-refractivity contribution in [3.63, 3.8) is 0 Å². The predicted octanol–water partition coefficient (Wildman–Crippen LogP) is 4.35. The van der Waals surface area contributed by atoms with Crippen molar-refractivity contribution < 1.29 is 0 Å². The van der Waals surface area contributed by atoms with E-state index in [9.17, 15) is 0 Å². The zero-order valence-corrected chi connectivity index (χ0v) is 10.9. The van der Waals surface area contributed by atoms with Gasteiger partial charge in [0.1, 0.15) is 0 Å². The smallest absolute Gasteiger partial charge is 0.0289 e. The van der Waals surface area contributed by atoms with E-state index in [-0.39, 0.29) is 5.41 Å². The van der Waals surface area contributed by atoms with Crippen LogP contribution in [0.5, 0.6) is 0 Å². The molecule has 2 atom stereocenters. The van der Waals surface area contributed by atoms with Gasteiger partial charge in [0.05, 0.1) is 0 Å². The lowest BCUT2D eigenvalue weighted by Crippen LogP contribution is -2.30. The normalized spacial score (nSPS) is 16.0. The summed E-state index contributed by atoms with van der Waals surface area (Å²) in [5.74, 6) is 8.62. The Morgan fingerprint density at radius 1 is 1.14 bits per heavy atom. The fourth-order valence-corrected chi connectivity index (χ4v) is 2.42. The van der Waals surface area contributed by atoms with Gasteiger partial charge in [-0.15, -0.1) is 5.92 Å². The van der Waals surface area contributed by atoms with Crippen molar-refractivity contribution >= 4 is 0 Å². The van der Waals surface area contributed by atoms with Crippen molar-refractivity contribution in [2.75, 3.05) is 0 Å². The van der Waals surface area contributed by atoms with Crippen molar-refractivity contribution in [3.05, 3.63) is 0 Å². The predicted molar refractivity (Wildman–Crippen MR) is 65.0 cm³/mol. The molecule has 0 heterocycles. The molecule has 0 amide bonds. The Kier molecular flexibility index (Phi) is 5.27. The van der Waals surface area contributed by atoms with Crippen molar-refractivity contribution in [1.29, 1.82) is 0 Å². The summed E-state index contributed by atoms with van der Waals surface area (Å²) in [6.07, 6.45) is 1.22. The van der Waals surface area contributed by atoms with Crippen molar-refractivity contribution in [2.45, 2.75) is 54.9 Å². The molecule has 0 saturated heterocycles. The molecular formula is C14H26. The molecule has 2 unspecified atom stereocenters. The van der Waals surface area contributed by atoms with E-state index in [0.717, 1.165) is 11.8 Å². The van der Waals surface area contributed by atoms with Crippen LogP contribution in [0.3, 0.4) is 0 Å². The second-order valence-corrected chi connectivity index (χ2v) is 5.21. The van der Waals surface area contributed by atoms with Gasteiger partial charge in [-0.3, -0.25) is 0 Å². The van der Waals surface area contributed by atoms with Gasteiger partial charge in [0.2, 0.25) is 0 Å². The number of rotatable bonds is 4. The summed E-state index contributed by atoms with van der Waals surface area (Å²) in [5.41, 5.74) is 0.160. The Morgan fingerprint density at radius 2 is 1.64 bits per heavy atom. The summed E-state index contributed by atoms with van der Waals surface area (Å²) in [6.45, 7) is 15.7. The van der Waals surface area contributed by atoms with E-state index in [0.29, 0.717) is 5.92 Å². The van der Waals surface area contributed by atoms with E-state index in [2.05, 4.69) is 53.4 Å². The van der Waals surface area contributed by atoms with Gasteiger partial charge in [0, 0.05) is 5.41 Å². The lowest BCUT2D eigenvalue weighted by Gasteiger charge is -2.36. The lowest BCUT2D eigenvalue weighted by atomic mass is 9.68. The highest BCUT2D eigenvalue weighted by Crippen LogP contribution is 2.37. The summed E-state index contributed by atoms with van der Waals surface area (Å²) in [4.78, 5) is 0. The molecule has 82 valence electrons. The van der Waals surface area contributed by atoms with Gasteiger partial charge in [-0.1, -0.05) is 40.0 Å².